The van der Waals surface area contributed by atoms with Gasteiger partial charge in [-0.15, -0.1) is 0 Å². The molecule has 3 rings (SSSR count). The van der Waals surface area contributed by atoms with Gasteiger partial charge in [-0.1, -0.05) is 12.1 Å². The monoisotopic (exact) mass is 333 g/mol. The standard InChI is InChI=1S/C19H19N5O/c1-13-10-18(21-12-15-6-8-20-9-7-15)24-19(22-13)23-17-5-3-4-16(11-17)14(2)25/h3-11H,12H2,1-2H3,(H2,21,22,23,24). The third kappa shape index (κ3) is 4.60. The maximum atomic E-state index is 11.5. The van der Waals surface area contributed by atoms with Crippen molar-refractivity contribution in [1.82, 2.24) is 15.0 Å². The first kappa shape index (κ1) is 16.6. The summed E-state index contributed by atoms with van der Waals surface area (Å²) in [6.07, 6.45) is 3.52. The van der Waals surface area contributed by atoms with Crippen molar-refractivity contribution in [3.05, 3.63) is 71.7 Å². The van der Waals surface area contributed by atoms with Crippen LogP contribution in [0.25, 0.3) is 0 Å². The molecule has 25 heavy (non-hydrogen) atoms. The van der Waals surface area contributed by atoms with E-state index in [0.717, 1.165) is 22.8 Å². The van der Waals surface area contributed by atoms with Gasteiger partial charge < -0.3 is 10.6 Å². The fourth-order valence-corrected chi connectivity index (χ4v) is 2.35. The summed E-state index contributed by atoms with van der Waals surface area (Å²) in [4.78, 5) is 24.4. The molecule has 1 aromatic carbocycles. The summed E-state index contributed by atoms with van der Waals surface area (Å²) in [5, 5.41) is 6.44. The van der Waals surface area contributed by atoms with Gasteiger partial charge in [0, 0.05) is 41.9 Å². The van der Waals surface area contributed by atoms with Crippen LogP contribution in [0.3, 0.4) is 0 Å². The highest BCUT2D eigenvalue weighted by Gasteiger charge is 2.05. The van der Waals surface area contributed by atoms with Crippen molar-refractivity contribution in [2.75, 3.05) is 10.6 Å². The number of nitrogens with zero attached hydrogens (tertiary/aromatic N) is 3. The van der Waals surface area contributed by atoms with E-state index in [9.17, 15) is 4.79 Å². The molecule has 2 aromatic heterocycles. The molecule has 0 fully saturated rings. The molecule has 0 aliphatic rings. The Morgan fingerprint density at radius 2 is 1.88 bits per heavy atom. The number of pyridine rings is 1. The van der Waals surface area contributed by atoms with Gasteiger partial charge in [-0.05, 0) is 43.7 Å². The maximum absolute atomic E-state index is 11.5. The van der Waals surface area contributed by atoms with Crippen LogP contribution in [-0.2, 0) is 6.54 Å². The van der Waals surface area contributed by atoms with E-state index in [4.69, 9.17) is 0 Å². The molecule has 0 saturated heterocycles. The fourth-order valence-electron chi connectivity index (χ4n) is 2.35. The zero-order valence-electron chi connectivity index (χ0n) is 14.2. The van der Waals surface area contributed by atoms with Crippen LogP contribution in [0, 0.1) is 6.92 Å². The van der Waals surface area contributed by atoms with Gasteiger partial charge >= 0.3 is 0 Å². The molecule has 0 radical (unpaired) electrons. The van der Waals surface area contributed by atoms with Crippen molar-refractivity contribution in [3.63, 3.8) is 0 Å². The summed E-state index contributed by atoms with van der Waals surface area (Å²) in [5.41, 5.74) is 3.39. The van der Waals surface area contributed by atoms with Gasteiger partial charge in [-0.2, -0.15) is 4.98 Å². The summed E-state index contributed by atoms with van der Waals surface area (Å²) in [7, 11) is 0. The number of hydrogen-bond acceptors (Lipinski definition) is 6. The minimum atomic E-state index is 0.0218. The predicted molar refractivity (Wildman–Crippen MR) is 98.1 cm³/mol. The molecular weight excluding hydrogens is 314 g/mol. The van der Waals surface area contributed by atoms with Gasteiger partial charge in [0.2, 0.25) is 5.95 Å². The first-order chi connectivity index (χ1) is 12.1. The molecule has 0 aliphatic carbocycles. The van der Waals surface area contributed by atoms with Crippen LogP contribution >= 0.6 is 0 Å². The van der Waals surface area contributed by atoms with Crippen LogP contribution < -0.4 is 10.6 Å². The lowest BCUT2D eigenvalue weighted by atomic mass is 10.1. The second-order valence-corrected chi connectivity index (χ2v) is 5.69. The third-order valence-electron chi connectivity index (χ3n) is 3.60. The van der Waals surface area contributed by atoms with Gasteiger partial charge in [0.15, 0.2) is 5.78 Å². The van der Waals surface area contributed by atoms with E-state index in [1.807, 2.05) is 37.3 Å². The van der Waals surface area contributed by atoms with Gasteiger partial charge in [-0.25, -0.2) is 4.98 Å². The summed E-state index contributed by atoms with van der Waals surface area (Å²) < 4.78 is 0. The minimum Gasteiger partial charge on any atom is -0.366 e. The fraction of sp³-hybridized carbons (Fsp3) is 0.158. The molecular formula is C19H19N5O. The van der Waals surface area contributed by atoms with E-state index in [-0.39, 0.29) is 5.78 Å². The van der Waals surface area contributed by atoms with Crippen LogP contribution in [0.5, 0.6) is 0 Å². The van der Waals surface area contributed by atoms with Crippen LogP contribution in [-0.4, -0.2) is 20.7 Å². The van der Waals surface area contributed by atoms with E-state index in [2.05, 4.69) is 25.6 Å². The van der Waals surface area contributed by atoms with Gasteiger partial charge in [0.25, 0.3) is 0 Å². The van der Waals surface area contributed by atoms with E-state index in [1.165, 1.54) is 0 Å². The Kier molecular flexibility index (Phi) is 4.99. The van der Waals surface area contributed by atoms with Crippen molar-refractivity contribution in [3.8, 4) is 0 Å². The molecule has 0 aliphatic heterocycles. The highest BCUT2D eigenvalue weighted by molar-refractivity contribution is 5.95. The zero-order chi connectivity index (χ0) is 17.6. The first-order valence-corrected chi connectivity index (χ1v) is 7.96. The quantitative estimate of drug-likeness (QED) is 0.669. The Balaban J connectivity index is 1.75. The highest BCUT2D eigenvalue weighted by atomic mass is 16.1. The van der Waals surface area contributed by atoms with Crippen LogP contribution in [0.1, 0.15) is 28.5 Å². The number of rotatable bonds is 6. The minimum absolute atomic E-state index is 0.0218. The second-order valence-electron chi connectivity index (χ2n) is 5.69. The first-order valence-electron chi connectivity index (χ1n) is 7.96. The molecule has 2 N–H and O–H groups in total. The smallest absolute Gasteiger partial charge is 0.229 e. The van der Waals surface area contributed by atoms with Crippen LogP contribution in [0.2, 0.25) is 0 Å². The van der Waals surface area contributed by atoms with Gasteiger partial charge in [-0.3, -0.25) is 9.78 Å². The summed E-state index contributed by atoms with van der Waals surface area (Å²) >= 11 is 0. The Morgan fingerprint density at radius 1 is 1.08 bits per heavy atom. The number of hydrogen-bond donors (Lipinski definition) is 2. The Morgan fingerprint density at radius 3 is 2.64 bits per heavy atom. The lowest BCUT2D eigenvalue weighted by Gasteiger charge is -2.10. The molecule has 3 aromatic rings. The Labute approximate surface area is 146 Å². The number of anilines is 3. The lowest BCUT2D eigenvalue weighted by molar-refractivity contribution is 0.101. The SMILES string of the molecule is CC(=O)c1cccc(Nc2nc(C)cc(NCc3ccncc3)n2)c1. The second kappa shape index (κ2) is 7.53. The molecule has 126 valence electrons. The lowest BCUT2D eigenvalue weighted by Crippen LogP contribution is -2.06. The number of ketones is 1. The summed E-state index contributed by atoms with van der Waals surface area (Å²) in [6, 6.07) is 13.1. The Bertz CT molecular complexity index is 880. The van der Waals surface area contributed by atoms with Crippen molar-refractivity contribution in [1.29, 1.82) is 0 Å². The largest absolute Gasteiger partial charge is 0.366 e. The van der Waals surface area contributed by atoms with Crippen molar-refractivity contribution in [2.45, 2.75) is 20.4 Å². The maximum Gasteiger partial charge on any atom is 0.229 e. The molecule has 6 nitrogen and oxygen atoms in total. The third-order valence-corrected chi connectivity index (χ3v) is 3.60. The molecule has 2 heterocycles. The van der Waals surface area contributed by atoms with Crippen molar-refractivity contribution >= 4 is 23.2 Å². The van der Waals surface area contributed by atoms with Crippen molar-refractivity contribution < 1.29 is 4.79 Å². The van der Waals surface area contributed by atoms with E-state index >= 15 is 0 Å². The summed E-state index contributed by atoms with van der Waals surface area (Å²) in [6.45, 7) is 4.11. The number of benzene rings is 1. The molecule has 0 amide bonds. The molecule has 0 atom stereocenters. The number of Topliss-reactive ketones (excluding diaryl/α,β-unsaturated/α-hetero) is 1. The molecule has 0 spiro atoms. The normalized spacial score (nSPS) is 10.3. The predicted octanol–water partition coefficient (Wildman–Crippen LogP) is 3.74. The van der Waals surface area contributed by atoms with E-state index in [1.54, 1.807) is 31.5 Å². The average molecular weight is 333 g/mol. The molecule has 0 bridgehead atoms. The Hall–Kier alpha value is -3.28. The van der Waals surface area contributed by atoms with E-state index < -0.39 is 0 Å². The number of carbonyl (C=O) groups is 1. The molecule has 0 saturated carbocycles. The molecule has 6 heteroatoms. The van der Waals surface area contributed by atoms with Gasteiger partial charge in [0.1, 0.15) is 5.82 Å². The van der Waals surface area contributed by atoms with Gasteiger partial charge in [0.05, 0.1) is 0 Å². The van der Waals surface area contributed by atoms with Crippen molar-refractivity contribution in [2.24, 2.45) is 0 Å². The highest BCUT2D eigenvalue weighted by Crippen LogP contribution is 2.18. The van der Waals surface area contributed by atoms with E-state index in [0.29, 0.717) is 18.1 Å². The number of carbonyl (C=O) groups excluding carboxylic acids is 1. The van der Waals surface area contributed by atoms with Crippen LogP contribution in [0.4, 0.5) is 17.5 Å². The average Bonchev–Trinajstić information content (AvgIpc) is 2.60. The molecule has 0 unspecified atom stereocenters. The topological polar surface area (TPSA) is 79.8 Å². The number of nitrogens with one attached hydrogen (secondary N) is 2. The zero-order valence-corrected chi connectivity index (χ0v) is 14.2. The number of aromatic nitrogens is 3. The summed E-state index contributed by atoms with van der Waals surface area (Å²) in [5.74, 6) is 1.24. The number of aryl methyl sites for hydroxylation is 1. The van der Waals surface area contributed by atoms with Crippen LogP contribution in [0.15, 0.2) is 54.9 Å².